The normalized spacial score (nSPS) is 13.3. The topological polar surface area (TPSA) is 108 Å². The number of unbranched alkanes of at least 4 members (excludes halogenated alkanes) is 28. The van der Waals surface area contributed by atoms with Gasteiger partial charge in [0.2, 0.25) is 0 Å². The minimum absolute atomic E-state index is 0.00562. The van der Waals surface area contributed by atoms with Crippen molar-refractivity contribution in [1.82, 2.24) is 0 Å². The Hall–Kier alpha value is -0.950. The van der Waals surface area contributed by atoms with E-state index in [2.05, 4.69) is 13.8 Å². The van der Waals surface area contributed by atoms with Gasteiger partial charge in [0.1, 0.15) is 6.61 Å². The van der Waals surface area contributed by atoms with Crippen LogP contribution in [0.3, 0.4) is 0 Å². The van der Waals surface area contributed by atoms with Gasteiger partial charge in [0.05, 0.1) is 13.2 Å². The third kappa shape index (κ3) is 36.8. The summed E-state index contributed by atoms with van der Waals surface area (Å²) in [6, 6.07) is 0. The van der Waals surface area contributed by atoms with Crippen molar-refractivity contribution in [2.24, 2.45) is 0 Å². The quantitative estimate of drug-likeness (QED) is 0.0377. The van der Waals surface area contributed by atoms with E-state index in [9.17, 15) is 19.0 Å². The number of carbonyl (C=O) groups is 2. The van der Waals surface area contributed by atoms with Crippen LogP contribution in [0.5, 0.6) is 0 Å². The third-order valence-electron chi connectivity index (χ3n) is 9.41. The molecule has 0 amide bonds. The van der Waals surface area contributed by atoms with Gasteiger partial charge in [-0.25, -0.2) is 4.57 Å². The van der Waals surface area contributed by atoms with Crippen LogP contribution in [0.25, 0.3) is 0 Å². The number of hydrogen-bond donors (Lipinski definition) is 1. The molecule has 1 N–H and O–H groups in total. The molecule has 0 fully saturated rings. The summed E-state index contributed by atoms with van der Waals surface area (Å²) >= 11 is 0. The average molecular weight is 733 g/mol. The molecule has 9 heteroatoms. The van der Waals surface area contributed by atoms with E-state index in [1.165, 1.54) is 154 Å². The van der Waals surface area contributed by atoms with Crippen molar-refractivity contribution in [1.29, 1.82) is 0 Å². The van der Waals surface area contributed by atoms with Gasteiger partial charge >= 0.3 is 19.8 Å². The summed E-state index contributed by atoms with van der Waals surface area (Å²) in [7, 11) is -4.27. The third-order valence-corrected chi connectivity index (χ3v) is 10.5. The van der Waals surface area contributed by atoms with Crippen LogP contribution in [0, 0.1) is 0 Å². The van der Waals surface area contributed by atoms with Crippen LogP contribution in [0.15, 0.2) is 0 Å². The molecule has 0 radical (unpaired) electrons. The summed E-state index contributed by atoms with van der Waals surface area (Å²) in [4.78, 5) is 34.7. The van der Waals surface area contributed by atoms with E-state index >= 15 is 0 Å². The van der Waals surface area contributed by atoms with Crippen molar-refractivity contribution < 1.29 is 37.6 Å². The number of hydrogen-bond acceptors (Lipinski definition) is 7. The molecule has 0 aliphatic heterocycles. The number of carbonyl (C=O) groups excluding carboxylic acids is 2. The molecule has 0 heterocycles. The summed E-state index contributed by atoms with van der Waals surface area (Å²) < 4.78 is 32.6. The highest BCUT2D eigenvalue weighted by molar-refractivity contribution is 7.47. The Labute approximate surface area is 308 Å². The lowest BCUT2D eigenvalue weighted by atomic mass is 10.0. The highest BCUT2D eigenvalue weighted by Crippen LogP contribution is 2.43. The summed E-state index contributed by atoms with van der Waals surface area (Å²) in [5.74, 6) is -0.781. The maximum Gasteiger partial charge on any atom is 0.472 e. The zero-order valence-corrected chi connectivity index (χ0v) is 34.0. The summed E-state index contributed by atoms with van der Waals surface area (Å²) in [5, 5.41) is 0. The SMILES string of the molecule is CCCCCCCCCCCCCCCCCC(=O)OCC(COP(=O)(O)OCC)OC(=O)CCCCCCCCCCCCCCCCC. The first-order valence-electron chi connectivity index (χ1n) is 21.3. The first kappa shape index (κ1) is 49.0. The van der Waals surface area contributed by atoms with Crippen LogP contribution in [0.2, 0.25) is 0 Å². The van der Waals surface area contributed by atoms with E-state index in [1.54, 1.807) is 6.92 Å². The first-order chi connectivity index (χ1) is 24.3. The van der Waals surface area contributed by atoms with Gasteiger partial charge in [0, 0.05) is 12.8 Å². The lowest BCUT2D eigenvalue weighted by molar-refractivity contribution is -0.161. The zero-order valence-electron chi connectivity index (χ0n) is 33.1. The highest BCUT2D eigenvalue weighted by Gasteiger charge is 2.25. The Morgan fingerprint density at radius 3 is 1.12 bits per heavy atom. The van der Waals surface area contributed by atoms with Crippen molar-refractivity contribution in [3.05, 3.63) is 0 Å². The smallest absolute Gasteiger partial charge is 0.462 e. The summed E-state index contributed by atoms with van der Waals surface area (Å²) in [6.45, 7) is 5.51. The molecule has 0 aliphatic carbocycles. The largest absolute Gasteiger partial charge is 0.472 e. The van der Waals surface area contributed by atoms with E-state index in [0.29, 0.717) is 6.42 Å². The van der Waals surface area contributed by atoms with Crippen molar-refractivity contribution >= 4 is 19.8 Å². The number of ether oxygens (including phenoxy) is 2. The Kier molecular flexibility index (Phi) is 37.1. The molecule has 50 heavy (non-hydrogen) atoms. The van der Waals surface area contributed by atoms with Crippen LogP contribution in [-0.4, -0.2) is 42.8 Å². The number of phosphoric acid groups is 1. The van der Waals surface area contributed by atoms with Crippen molar-refractivity contribution in [3.8, 4) is 0 Å². The molecular formula is C41H81O8P. The Morgan fingerprint density at radius 2 is 0.780 bits per heavy atom. The van der Waals surface area contributed by atoms with Gasteiger partial charge in [0.25, 0.3) is 0 Å². The van der Waals surface area contributed by atoms with Gasteiger partial charge < -0.3 is 14.4 Å². The predicted octanol–water partition coefficient (Wildman–Crippen LogP) is 13.1. The number of rotatable bonds is 40. The molecular weight excluding hydrogens is 651 g/mol. The molecule has 0 spiro atoms. The average Bonchev–Trinajstić information content (AvgIpc) is 3.09. The summed E-state index contributed by atoms with van der Waals surface area (Å²) in [6.07, 6.45) is 37.2. The van der Waals surface area contributed by atoms with Crippen LogP contribution < -0.4 is 0 Å². The summed E-state index contributed by atoms with van der Waals surface area (Å²) in [5.41, 5.74) is 0. The second kappa shape index (κ2) is 37.8. The number of esters is 2. The van der Waals surface area contributed by atoms with E-state index < -0.39 is 19.9 Å². The Bertz CT molecular complexity index is 793. The van der Waals surface area contributed by atoms with Crippen LogP contribution in [0.4, 0.5) is 0 Å². The van der Waals surface area contributed by atoms with Crippen molar-refractivity contribution in [2.45, 2.75) is 232 Å². The maximum atomic E-state index is 12.5. The lowest BCUT2D eigenvalue weighted by Gasteiger charge is -2.19. The van der Waals surface area contributed by atoms with Crippen LogP contribution >= 0.6 is 7.82 Å². The van der Waals surface area contributed by atoms with E-state index in [1.807, 2.05) is 0 Å². The maximum absolute atomic E-state index is 12.5. The molecule has 2 atom stereocenters. The standard InChI is InChI=1S/C41H81O8P/c1-4-7-9-11-13-15-17-19-21-23-25-27-29-31-33-35-40(42)46-37-39(38-48-50(44,45)47-6-3)49-41(43)36-34-32-30-28-26-24-22-20-18-16-14-12-10-8-5-2/h39H,4-38H2,1-3H3,(H,44,45). The fourth-order valence-electron chi connectivity index (χ4n) is 6.28. The minimum atomic E-state index is -4.27. The highest BCUT2D eigenvalue weighted by atomic mass is 31.2. The Balaban J connectivity index is 4.04. The molecule has 298 valence electrons. The molecule has 0 rings (SSSR count). The molecule has 0 aromatic heterocycles. The molecule has 0 bridgehead atoms. The molecule has 0 saturated heterocycles. The molecule has 0 aromatic rings. The fraction of sp³-hybridized carbons (Fsp3) is 0.951. The molecule has 0 aliphatic rings. The van der Waals surface area contributed by atoms with E-state index in [4.69, 9.17) is 18.5 Å². The molecule has 0 aromatic carbocycles. The van der Waals surface area contributed by atoms with Gasteiger partial charge in [-0.05, 0) is 19.8 Å². The first-order valence-corrected chi connectivity index (χ1v) is 22.8. The van der Waals surface area contributed by atoms with Crippen LogP contribution in [0.1, 0.15) is 226 Å². The van der Waals surface area contributed by atoms with Gasteiger partial charge in [-0.2, -0.15) is 0 Å². The van der Waals surface area contributed by atoms with E-state index in [-0.39, 0.29) is 32.2 Å². The van der Waals surface area contributed by atoms with Crippen molar-refractivity contribution in [3.63, 3.8) is 0 Å². The molecule has 2 unspecified atom stereocenters. The lowest BCUT2D eigenvalue weighted by Crippen LogP contribution is -2.29. The molecule has 0 saturated carbocycles. The predicted molar refractivity (Wildman–Crippen MR) is 207 cm³/mol. The van der Waals surface area contributed by atoms with Gasteiger partial charge in [-0.1, -0.05) is 194 Å². The monoisotopic (exact) mass is 733 g/mol. The van der Waals surface area contributed by atoms with Crippen LogP contribution in [-0.2, 0) is 32.7 Å². The second-order valence-electron chi connectivity index (χ2n) is 14.4. The van der Waals surface area contributed by atoms with Gasteiger partial charge in [0.15, 0.2) is 6.10 Å². The minimum Gasteiger partial charge on any atom is -0.462 e. The second-order valence-corrected chi connectivity index (χ2v) is 15.8. The zero-order chi connectivity index (χ0) is 36.8. The number of phosphoric ester groups is 1. The van der Waals surface area contributed by atoms with Gasteiger partial charge in [-0.3, -0.25) is 18.6 Å². The van der Waals surface area contributed by atoms with Crippen molar-refractivity contribution in [2.75, 3.05) is 19.8 Å². The van der Waals surface area contributed by atoms with Gasteiger partial charge in [-0.15, -0.1) is 0 Å². The van der Waals surface area contributed by atoms with E-state index in [0.717, 1.165) is 38.5 Å². The Morgan fingerprint density at radius 1 is 0.460 bits per heavy atom. The fourth-order valence-corrected chi connectivity index (χ4v) is 7.03. The molecule has 8 nitrogen and oxygen atoms in total.